The summed E-state index contributed by atoms with van der Waals surface area (Å²) in [5, 5.41) is 11.5. The summed E-state index contributed by atoms with van der Waals surface area (Å²) in [6.07, 6.45) is 0. The predicted octanol–water partition coefficient (Wildman–Crippen LogP) is 0.424. The van der Waals surface area contributed by atoms with Gasteiger partial charge in [0.25, 0.3) is 10.1 Å². The van der Waals surface area contributed by atoms with E-state index in [1.54, 1.807) is 0 Å². The Bertz CT molecular complexity index is 475. The van der Waals surface area contributed by atoms with Gasteiger partial charge in [-0.25, -0.2) is 4.68 Å². The average Bonchev–Trinajstić information content (AvgIpc) is 2.42. The van der Waals surface area contributed by atoms with Crippen LogP contribution in [0.3, 0.4) is 0 Å². The molecule has 0 atom stereocenters. The summed E-state index contributed by atoms with van der Waals surface area (Å²) in [4.78, 5) is 0.189. The van der Waals surface area contributed by atoms with Crippen LogP contribution in [0.15, 0.2) is 4.34 Å². The second-order valence-corrected chi connectivity index (χ2v) is 6.68. The normalized spacial score (nSPS) is 11.9. The van der Waals surface area contributed by atoms with Crippen molar-refractivity contribution in [1.82, 2.24) is 9.78 Å². The maximum Gasteiger partial charge on any atom is 0.266 e. The van der Waals surface area contributed by atoms with E-state index in [1.165, 1.54) is 27.8 Å². The highest BCUT2D eigenvalue weighted by Gasteiger charge is 2.08. The van der Waals surface area contributed by atoms with Gasteiger partial charge in [-0.15, -0.1) is 0 Å². The summed E-state index contributed by atoms with van der Waals surface area (Å²) >= 11 is 2.69. The SMILES string of the molecule is CCSc1nn(CCS(=O)(=O)O)c(=N)s1. The van der Waals surface area contributed by atoms with E-state index in [0.717, 1.165) is 10.1 Å². The van der Waals surface area contributed by atoms with E-state index in [4.69, 9.17) is 9.96 Å². The van der Waals surface area contributed by atoms with E-state index >= 15 is 0 Å². The molecule has 0 bridgehead atoms. The fourth-order valence-corrected chi connectivity index (χ4v) is 3.01. The molecule has 86 valence electrons. The molecule has 0 fully saturated rings. The van der Waals surface area contributed by atoms with Crippen molar-refractivity contribution in [3.05, 3.63) is 4.80 Å². The third-order valence-electron chi connectivity index (χ3n) is 1.45. The number of hydrogen-bond acceptors (Lipinski definition) is 6. The minimum atomic E-state index is -3.99. The second-order valence-electron chi connectivity index (χ2n) is 2.62. The van der Waals surface area contributed by atoms with Gasteiger partial charge in [-0.2, -0.15) is 13.5 Å². The van der Waals surface area contributed by atoms with Crippen LogP contribution in [0.2, 0.25) is 0 Å². The molecule has 0 aliphatic rings. The van der Waals surface area contributed by atoms with Crippen molar-refractivity contribution >= 4 is 33.2 Å². The number of thioether (sulfide) groups is 1. The minimum Gasteiger partial charge on any atom is -0.285 e. The lowest BCUT2D eigenvalue weighted by Crippen LogP contribution is -2.20. The molecule has 0 unspecified atom stereocenters. The highest BCUT2D eigenvalue weighted by atomic mass is 32.2. The van der Waals surface area contributed by atoms with E-state index < -0.39 is 15.9 Å². The minimum absolute atomic E-state index is 0.0123. The molecule has 0 aromatic carbocycles. The van der Waals surface area contributed by atoms with Crippen LogP contribution in [0.1, 0.15) is 6.92 Å². The van der Waals surface area contributed by atoms with Crippen LogP contribution in [0, 0.1) is 5.41 Å². The maximum absolute atomic E-state index is 10.5. The largest absolute Gasteiger partial charge is 0.285 e. The molecule has 0 saturated carbocycles. The Hall–Kier alpha value is -0.380. The summed E-state index contributed by atoms with van der Waals surface area (Å²) in [7, 11) is -3.99. The maximum atomic E-state index is 10.5. The molecule has 9 heteroatoms. The summed E-state index contributed by atoms with van der Waals surface area (Å²) in [6.45, 7) is 1.98. The molecule has 1 aromatic rings. The van der Waals surface area contributed by atoms with Crippen LogP contribution in [0.4, 0.5) is 0 Å². The third kappa shape index (κ3) is 4.33. The van der Waals surface area contributed by atoms with Crippen molar-refractivity contribution in [2.75, 3.05) is 11.5 Å². The molecule has 0 aliphatic carbocycles. The molecule has 1 aromatic heterocycles. The van der Waals surface area contributed by atoms with Gasteiger partial charge in [-0.05, 0) is 5.75 Å². The van der Waals surface area contributed by atoms with Crippen LogP contribution in [-0.2, 0) is 16.7 Å². The first kappa shape index (κ1) is 12.7. The van der Waals surface area contributed by atoms with Crippen molar-refractivity contribution in [3.63, 3.8) is 0 Å². The van der Waals surface area contributed by atoms with Crippen LogP contribution in [-0.4, -0.2) is 34.3 Å². The first-order chi connectivity index (χ1) is 6.92. The van der Waals surface area contributed by atoms with Crippen LogP contribution in [0.25, 0.3) is 0 Å². The zero-order valence-corrected chi connectivity index (χ0v) is 10.5. The lowest BCUT2D eigenvalue weighted by molar-refractivity contribution is 0.473. The summed E-state index contributed by atoms with van der Waals surface area (Å²) < 4.78 is 31.6. The Balaban J connectivity index is 2.74. The molecule has 0 amide bonds. The average molecular weight is 269 g/mol. The van der Waals surface area contributed by atoms with Crippen molar-refractivity contribution < 1.29 is 13.0 Å². The number of aromatic nitrogens is 2. The van der Waals surface area contributed by atoms with E-state index in [9.17, 15) is 8.42 Å². The molecule has 15 heavy (non-hydrogen) atoms. The molecular formula is C6H11N3O3S3. The molecule has 0 radical (unpaired) electrons. The topological polar surface area (TPSA) is 96.0 Å². The number of rotatable bonds is 5. The Kier molecular flexibility index (Phi) is 4.32. The zero-order valence-electron chi connectivity index (χ0n) is 8.00. The lowest BCUT2D eigenvalue weighted by Gasteiger charge is -1.97. The first-order valence-electron chi connectivity index (χ1n) is 4.13. The van der Waals surface area contributed by atoms with Crippen molar-refractivity contribution in [1.29, 1.82) is 5.41 Å². The van der Waals surface area contributed by atoms with Gasteiger partial charge >= 0.3 is 0 Å². The Morgan fingerprint density at radius 2 is 2.33 bits per heavy atom. The number of aryl methyl sites for hydroxylation is 1. The standard InChI is InChI=1S/C6H11N3O3S3/c1-2-13-6-8-9(5(7)14-6)3-4-15(10,11)12/h7H,2-4H2,1H3,(H,10,11,12). The molecule has 0 spiro atoms. The zero-order chi connectivity index (χ0) is 11.5. The van der Waals surface area contributed by atoms with Gasteiger partial charge < -0.3 is 0 Å². The molecule has 1 heterocycles. The highest BCUT2D eigenvalue weighted by molar-refractivity contribution is 8.00. The molecule has 6 nitrogen and oxygen atoms in total. The Morgan fingerprint density at radius 3 is 2.87 bits per heavy atom. The van der Waals surface area contributed by atoms with Crippen molar-refractivity contribution in [3.8, 4) is 0 Å². The van der Waals surface area contributed by atoms with Crippen molar-refractivity contribution in [2.45, 2.75) is 17.8 Å². The molecule has 2 N–H and O–H groups in total. The number of nitrogens with one attached hydrogen (secondary N) is 1. The van der Waals surface area contributed by atoms with Gasteiger partial charge in [0.15, 0.2) is 4.34 Å². The monoisotopic (exact) mass is 269 g/mol. The van der Waals surface area contributed by atoms with E-state index in [2.05, 4.69) is 5.10 Å². The summed E-state index contributed by atoms with van der Waals surface area (Å²) in [6, 6.07) is 0. The molecule has 0 saturated heterocycles. The molecule has 1 rings (SSSR count). The third-order valence-corrected chi connectivity index (χ3v) is 4.03. The summed E-state index contributed by atoms with van der Waals surface area (Å²) in [5.74, 6) is 0.439. The van der Waals surface area contributed by atoms with Gasteiger partial charge in [0.05, 0.1) is 12.3 Å². The van der Waals surface area contributed by atoms with Gasteiger partial charge in [-0.3, -0.25) is 9.96 Å². The quantitative estimate of drug-likeness (QED) is 0.596. The van der Waals surface area contributed by atoms with Gasteiger partial charge in [0, 0.05) is 0 Å². The highest BCUT2D eigenvalue weighted by Crippen LogP contribution is 2.16. The second kappa shape index (κ2) is 5.10. The summed E-state index contributed by atoms with van der Waals surface area (Å²) in [5.41, 5.74) is 0. The van der Waals surface area contributed by atoms with Crippen molar-refractivity contribution in [2.24, 2.45) is 0 Å². The van der Waals surface area contributed by atoms with Gasteiger partial charge in [-0.1, -0.05) is 30.0 Å². The Labute approximate surface area is 95.6 Å². The first-order valence-corrected chi connectivity index (χ1v) is 7.54. The van der Waals surface area contributed by atoms with Crippen LogP contribution < -0.4 is 4.80 Å². The smallest absolute Gasteiger partial charge is 0.266 e. The fourth-order valence-electron chi connectivity index (χ4n) is 0.835. The number of nitrogens with zero attached hydrogens (tertiary/aromatic N) is 2. The Morgan fingerprint density at radius 1 is 1.67 bits per heavy atom. The van der Waals surface area contributed by atoms with E-state index in [0.29, 0.717) is 0 Å². The fraction of sp³-hybridized carbons (Fsp3) is 0.667. The van der Waals surface area contributed by atoms with Crippen LogP contribution in [0.5, 0.6) is 0 Å². The lowest BCUT2D eigenvalue weighted by atomic mass is 10.8. The predicted molar refractivity (Wildman–Crippen MR) is 58.8 cm³/mol. The number of hydrogen-bond donors (Lipinski definition) is 2. The van der Waals surface area contributed by atoms with Crippen LogP contribution >= 0.6 is 23.1 Å². The molecular weight excluding hydrogens is 258 g/mol. The van der Waals surface area contributed by atoms with Gasteiger partial charge in [0.1, 0.15) is 0 Å². The van der Waals surface area contributed by atoms with Gasteiger partial charge in [0.2, 0.25) is 4.80 Å². The van der Waals surface area contributed by atoms with E-state index in [1.807, 2.05) is 6.92 Å². The van der Waals surface area contributed by atoms with E-state index in [-0.39, 0.29) is 11.3 Å². The molecule has 0 aliphatic heterocycles.